The summed E-state index contributed by atoms with van der Waals surface area (Å²) in [5.74, 6) is 0.849. The van der Waals surface area contributed by atoms with Crippen LogP contribution in [0.5, 0.6) is 0 Å². The van der Waals surface area contributed by atoms with Crippen LogP contribution in [-0.2, 0) is 4.79 Å². The maximum absolute atomic E-state index is 13.2. The summed E-state index contributed by atoms with van der Waals surface area (Å²) in [5.41, 5.74) is 1.84. The van der Waals surface area contributed by atoms with Gasteiger partial charge in [-0.3, -0.25) is 14.9 Å². The van der Waals surface area contributed by atoms with Gasteiger partial charge in [-0.25, -0.2) is 0 Å². The summed E-state index contributed by atoms with van der Waals surface area (Å²) in [6.45, 7) is 8.35. The Morgan fingerprint density at radius 2 is 2.03 bits per heavy atom. The van der Waals surface area contributed by atoms with E-state index in [9.17, 15) is 14.9 Å². The zero-order chi connectivity index (χ0) is 22.0. The first-order valence-corrected chi connectivity index (χ1v) is 9.86. The highest BCUT2D eigenvalue weighted by Gasteiger charge is 2.34. The molecule has 0 fully saturated rings. The van der Waals surface area contributed by atoms with E-state index in [1.165, 1.54) is 12.1 Å². The molecule has 2 N–H and O–H groups in total. The number of amides is 1. The van der Waals surface area contributed by atoms with Gasteiger partial charge in [-0.05, 0) is 49.7 Å². The van der Waals surface area contributed by atoms with Crippen LogP contribution in [0.3, 0.4) is 0 Å². The normalized spacial score (nSPS) is 16.6. The van der Waals surface area contributed by atoms with E-state index in [2.05, 4.69) is 29.6 Å². The maximum atomic E-state index is 13.2. The predicted octanol–water partition coefficient (Wildman–Crippen LogP) is 3.69. The van der Waals surface area contributed by atoms with Crippen molar-refractivity contribution in [1.29, 1.82) is 0 Å². The molecular weight excluding hydrogens is 406 g/mol. The number of carbonyl (C=O) groups is 1. The number of nitrogens with zero attached hydrogens (tertiary/aromatic N) is 3. The molecule has 0 unspecified atom stereocenters. The summed E-state index contributed by atoms with van der Waals surface area (Å²) < 4.78 is 5.03. The van der Waals surface area contributed by atoms with Gasteiger partial charge in [0.05, 0.1) is 16.5 Å². The molecule has 10 heteroatoms. The Kier molecular flexibility index (Phi) is 6.16. The average molecular weight is 430 g/mol. The van der Waals surface area contributed by atoms with Crippen molar-refractivity contribution in [3.63, 3.8) is 0 Å². The van der Waals surface area contributed by atoms with Gasteiger partial charge in [0.15, 0.2) is 10.9 Å². The molecule has 2 heterocycles. The fourth-order valence-electron chi connectivity index (χ4n) is 3.31. The number of rotatable bonds is 6. The third kappa shape index (κ3) is 4.48. The van der Waals surface area contributed by atoms with Crippen molar-refractivity contribution in [2.45, 2.75) is 33.7 Å². The molecular formula is C20H23N5O4S. The van der Waals surface area contributed by atoms with E-state index in [-0.39, 0.29) is 11.6 Å². The van der Waals surface area contributed by atoms with Crippen LogP contribution >= 0.6 is 12.2 Å². The van der Waals surface area contributed by atoms with Crippen molar-refractivity contribution in [3.8, 4) is 0 Å². The molecule has 1 aliphatic heterocycles. The lowest BCUT2D eigenvalue weighted by Crippen LogP contribution is -2.49. The lowest BCUT2D eigenvalue weighted by Gasteiger charge is -2.38. The van der Waals surface area contributed by atoms with E-state index in [4.69, 9.17) is 16.7 Å². The molecule has 1 atom stereocenters. The molecule has 2 aromatic rings. The predicted molar refractivity (Wildman–Crippen MR) is 116 cm³/mol. The minimum Gasteiger partial charge on any atom is -0.360 e. The second-order valence-electron chi connectivity index (χ2n) is 7.51. The van der Waals surface area contributed by atoms with Crippen LogP contribution in [0.1, 0.15) is 38.1 Å². The van der Waals surface area contributed by atoms with Gasteiger partial charge in [0.25, 0.3) is 11.6 Å². The number of allylic oxidation sites excluding steroid dienone is 1. The number of hydrogen-bond donors (Lipinski definition) is 2. The molecule has 9 nitrogen and oxygen atoms in total. The van der Waals surface area contributed by atoms with E-state index >= 15 is 0 Å². The van der Waals surface area contributed by atoms with Crippen LogP contribution in [0.15, 0.2) is 46.1 Å². The molecule has 1 aliphatic rings. The number of thiocarbonyl (C=S) groups is 1. The quantitative estimate of drug-likeness (QED) is 0.406. The first kappa shape index (κ1) is 21.4. The molecule has 3 rings (SSSR count). The molecule has 0 aliphatic carbocycles. The van der Waals surface area contributed by atoms with E-state index < -0.39 is 11.0 Å². The van der Waals surface area contributed by atoms with Crippen molar-refractivity contribution in [2.24, 2.45) is 5.92 Å². The number of nitrogens with one attached hydrogen (secondary N) is 2. The lowest BCUT2D eigenvalue weighted by atomic mass is 9.93. The zero-order valence-corrected chi connectivity index (χ0v) is 17.9. The van der Waals surface area contributed by atoms with Gasteiger partial charge >= 0.3 is 0 Å². The number of nitro groups is 1. The number of hydrogen-bond acceptors (Lipinski definition) is 6. The smallest absolute Gasteiger partial charge is 0.269 e. The number of nitro benzene ring substituents is 1. The van der Waals surface area contributed by atoms with Gasteiger partial charge in [0.1, 0.15) is 5.76 Å². The third-order valence-electron chi connectivity index (χ3n) is 4.70. The van der Waals surface area contributed by atoms with Crippen LogP contribution in [0.2, 0.25) is 0 Å². The van der Waals surface area contributed by atoms with Crippen LogP contribution in [0.25, 0.3) is 0 Å². The number of anilines is 1. The van der Waals surface area contributed by atoms with Gasteiger partial charge < -0.3 is 20.1 Å². The first-order chi connectivity index (χ1) is 14.2. The van der Waals surface area contributed by atoms with Gasteiger partial charge in [-0.1, -0.05) is 19.0 Å². The van der Waals surface area contributed by atoms with Crippen molar-refractivity contribution >= 4 is 34.7 Å². The minimum absolute atomic E-state index is 0.0247. The summed E-state index contributed by atoms with van der Waals surface area (Å²) in [5, 5.41) is 21.3. The van der Waals surface area contributed by atoms with Crippen LogP contribution in [0, 0.1) is 23.0 Å². The standard InChI is InChI=1S/C20H23N5O4S/c1-11(2)10-24-13(4)17(19(26)21-16-9-12(3)29-23-16)18(22-20(24)30)14-5-7-15(8-6-14)25(27)28/h5-9,11,18H,10H2,1-4H3,(H,22,30)(H,21,23,26)/t18-/m0/s1. The van der Waals surface area contributed by atoms with Crippen LogP contribution in [-0.4, -0.2) is 32.5 Å². The monoisotopic (exact) mass is 429 g/mol. The summed E-state index contributed by atoms with van der Waals surface area (Å²) in [6, 6.07) is 7.13. The SMILES string of the molecule is CC1=C(C(=O)Nc2cc(C)on2)[C@H](c2ccc([N+](=O)[O-])cc2)NC(=S)N1CC(C)C. The van der Waals surface area contributed by atoms with Crippen molar-refractivity contribution in [3.05, 3.63) is 63.0 Å². The summed E-state index contributed by atoms with van der Waals surface area (Å²) in [4.78, 5) is 25.6. The Bertz CT molecular complexity index is 1010. The number of aromatic nitrogens is 1. The number of carbonyl (C=O) groups excluding carboxylic acids is 1. The van der Waals surface area contributed by atoms with Crippen LogP contribution in [0.4, 0.5) is 11.5 Å². The van der Waals surface area contributed by atoms with E-state index in [1.807, 2.05) is 11.8 Å². The van der Waals surface area contributed by atoms with Crippen molar-refractivity contribution in [1.82, 2.24) is 15.4 Å². The minimum atomic E-state index is -0.560. The molecule has 0 bridgehead atoms. The van der Waals surface area contributed by atoms with Crippen LogP contribution < -0.4 is 10.6 Å². The molecule has 0 spiro atoms. The molecule has 1 aromatic carbocycles. The molecule has 1 aromatic heterocycles. The second-order valence-corrected chi connectivity index (χ2v) is 7.90. The highest BCUT2D eigenvalue weighted by atomic mass is 32.1. The third-order valence-corrected chi connectivity index (χ3v) is 5.03. The highest BCUT2D eigenvalue weighted by Crippen LogP contribution is 2.32. The lowest BCUT2D eigenvalue weighted by molar-refractivity contribution is -0.384. The van der Waals surface area contributed by atoms with Gasteiger partial charge in [0, 0.05) is 30.4 Å². The Morgan fingerprint density at radius 3 is 2.57 bits per heavy atom. The Labute approximate surface area is 179 Å². The molecule has 30 heavy (non-hydrogen) atoms. The van der Waals surface area contributed by atoms with E-state index in [1.54, 1.807) is 25.1 Å². The molecule has 0 saturated carbocycles. The molecule has 0 radical (unpaired) electrons. The molecule has 1 amide bonds. The fourth-order valence-corrected chi connectivity index (χ4v) is 3.64. The van der Waals surface area contributed by atoms with Crippen molar-refractivity contribution in [2.75, 3.05) is 11.9 Å². The fraction of sp³-hybridized carbons (Fsp3) is 0.350. The summed E-state index contributed by atoms with van der Waals surface area (Å²) >= 11 is 5.55. The largest absolute Gasteiger partial charge is 0.360 e. The molecule has 0 saturated heterocycles. The maximum Gasteiger partial charge on any atom is 0.269 e. The Balaban J connectivity index is 2.02. The van der Waals surface area contributed by atoms with Gasteiger partial charge in [-0.15, -0.1) is 0 Å². The Morgan fingerprint density at radius 1 is 1.37 bits per heavy atom. The summed E-state index contributed by atoms with van der Waals surface area (Å²) in [6.07, 6.45) is 0. The zero-order valence-electron chi connectivity index (χ0n) is 17.1. The molecule has 158 valence electrons. The van der Waals surface area contributed by atoms with E-state index in [0.29, 0.717) is 46.0 Å². The van der Waals surface area contributed by atoms with Crippen molar-refractivity contribution < 1.29 is 14.2 Å². The van der Waals surface area contributed by atoms with Gasteiger partial charge in [0.2, 0.25) is 0 Å². The number of non-ortho nitro benzene ring substituents is 1. The second kappa shape index (κ2) is 8.62. The summed E-state index contributed by atoms with van der Waals surface area (Å²) in [7, 11) is 0. The average Bonchev–Trinajstić information content (AvgIpc) is 3.09. The van der Waals surface area contributed by atoms with E-state index in [0.717, 1.165) is 0 Å². The highest BCUT2D eigenvalue weighted by molar-refractivity contribution is 7.80. The van der Waals surface area contributed by atoms with Gasteiger partial charge in [-0.2, -0.15) is 0 Å². The number of aryl methyl sites for hydroxylation is 1. The Hall–Kier alpha value is -3.27. The number of benzene rings is 1. The first-order valence-electron chi connectivity index (χ1n) is 9.45. The topological polar surface area (TPSA) is 114 Å².